The standard InChI is InChI=1S/C11H13N3O3/c1-16-9-3-2-8(10(15)4-9)5-12-6-11-13-7-17-14-11/h2-4,7,12,15H,5-6H2,1H3. The molecule has 0 radical (unpaired) electrons. The highest BCUT2D eigenvalue weighted by atomic mass is 16.5. The summed E-state index contributed by atoms with van der Waals surface area (Å²) in [5.41, 5.74) is 0.786. The maximum Gasteiger partial charge on any atom is 0.213 e. The van der Waals surface area contributed by atoms with Crippen molar-refractivity contribution in [3.63, 3.8) is 0 Å². The van der Waals surface area contributed by atoms with E-state index in [1.54, 1.807) is 25.3 Å². The molecule has 0 spiro atoms. The molecule has 0 amide bonds. The molecule has 17 heavy (non-hydrogen) atoms. The van der Waals surface area contributed by atoms with Crippen molar-refractivity contribution in [3.8, 4) is 11.5 Å². The van der Waals surface area contributed by atoms with Gasteiger partial charge in [-0.3, -0.25) is 0 Å². The Hall–Kier alpha value is -2.08. The third-order valence-electron chi connectivity index (χ3n) is 2.30. The molecule has 90 valence electrons. The van der Waals surface area contributed by atoms with E-state index in [1.807, 2.05) is 0 Å². The molecule has 6 nitrogen and oxygen atoms in total. The molecule has 0 saturated heterocycles. The fourth-order valence-electron chi connectivity index (χ4n) is 1.40. The van der Waals surface area contributed by atoms with Gasteiger partial charge in [-0.1, -0.05) is 11.2 Å². The maximum absolute atomic E-state index is 9.71. The van der Waals surface area contributed by atoms with Crippen LogP contribution in [0.25, 0.3) is 0 Å². The van der Waals surface area contributed by atoms with E-state index >= 15 is 0 Å². The highest BCUT2D eigenvalue weighted by Gasteiger charge is 2.03. The fraction of sp³-hybridized carbons (Fsp3) is 0.273. The van der Waals surface area contributed by atoms with E-state index in [4.69, 9.17) is 4.74 Å². The molecule has 2 aromatic rings. The van der Waals surface area contributed by atoms with E-state index in [2.05, 4.69) is 20.0 Å². The van der Waals surface area contributed by atoms with E-state index in [0.717, 1.165) is 5.56 Å². The monoisotopic (exact) mass is 235 g/mol. The minimum atomic E-state index is 0.199. The van der Waals surface area contributed by atoms with Crippen molar-refractivity contribution >= 4 is 0 Å². The zero-order chi connectivity index (χ0) is 12.1. The van der Waals surface area contributed by atoms with Gasteiger partial charge in [-0.05, 0) is 6.07 Å². The van der Waals surface area contributed by atoms with Crippen LogP contribution in [0, 0.1) is 0 Å². The van der Waals surface area contributed by atoms with Gasteiger partial charge in [-0.15, -0.1) is 0 Å². The number of nitrogens with zero attached hydrogens (tertiary/aromatic N) is 2. The van der Waals surface area contributed by atoms with Crippen LogP contribution in [0.15, 0.2) is 29.1 Å². The molecular formula is C11H13N3O3. The van der Waals surface area contributed by atoms with Gasteiger partial charge in [0.05, 0.1) is 13.7 Å². The van der Waals surface area contributed by atoms with Gasteiger partial charge in [0.1, 0.15) is 11.5 Å². The second-order valence-electron chi connectivity index (χ2n) is 3.45. The summed E-state index contributed by atoms with van der Waals surface area (Å²) < 4.78 is 9.60. The number of benzene rings is 1. The van der Waals surface area contributed by atoms with E-state index in [1.165, 1.54) is 6.39 Å². The number of phenolic OH excluding ortho intramolecular Hbond substituents is 1. The Labute approximate surface area is 98.2 Å². The second-order valence-corrected chi connectivity index (χ2v) is 3.45. The third-order valence-corrected chi connectivity index (χ3v) is 2.30. The minimum Gasteiger partial charge on any atom is -0.507 e. The minimum absolute atomic E-state index is 0.199. The first kappa shape index (κ1) is 11.4. The number of hydrogen-bond acceptors (Lipinski definition) is 6. The summed E-state index contributed by atoms with van der Waals surface area (Å²) >= 11 is 0. The molecule has 2 rings (SSSR count). The topological polar surface area (TPSA) is 80.4 Å². The van der Waals surface area contributed by atoms with Crippen molar-refractivity contribution in [2.45, 2.75) is 13.1 Å². The molecule has 0 atom stereocenters. The van der Waals surface area contributed by atoms with Crippen molar-refractivity contribution in [1.82, 2.24) is 15.5 Å². The summed E-state index contributed by atoms with van der Waals surface area (Å²) in [5.74, 6) is 1.41. The quantitative estimate of drug-likeness (QED) is 0.807. The molecule has 0 aliphatic carbocycles. The number of rotatable bonds is 5. The summed E-state index contributed by atoms with van der Waals surface area (Å²) in [6, 6.07) is 5.17. The molecule has 0 unspecified atom stereocenters. The van der Waals surface area contributed by atoms with Crippen LogP contribution in [-0.2, 0) is 13.1 Å². The maximum atomic E-state index is 9.71. The Kier molecular flexibility index (Phi) is 3.56. The van der Waals surface area contributed by atoms with Crippen molar-refractivity contribution < 1.29 is 14.4 Å². The summed E-state index contributed by atoms with van der Waals surface area (Å²) in [4.78, 5) is 3.87. The lowest BCUT2D eigenvalue weighted by Gasteiger charge is -2.07. The average Bonchev–Trinajstić information content (AvgIpc) is 2.84. The highest BCUT2D eigenvalue weighted by molar-refractivity contribution is 5.39. The van der Waals surface area contributed by atoms with Gasteiger partial charge < -0.3 is 19.7 Å². The fourth-order valence-corrected chi connectivity index (χ4v) is 1.40. The van der Waals surface area contributed by atoms with Crippen molar-refractivity contribution in [2.75, 3.05) is 7.11 Å². The third kappa shape index (κ3) is 2.94. The molecule has 0 aliphatic rings. The first-order valence-electron chi connectivity index (χ1n) is 5.11. The van der Waals surface area contributed by atoms with Gasteiger partial charge in [0.25, 0.3) is 0 Å². The number of nitrogens with one attached hydrogen (secondary N) is 1. The predicted octanol–water partition coefficient (Wildman–Crippen LogP) is 1.07. The Morgan fingerprint density at radius 1 is 1.41 bits per heavy atom. The number of ether oxygens (including phenoxy) is 1. The molecular weight excluding hydrogens is 222 g/mol. The van der Waals surface area contributed by atoms with Gasteiger partial charge in [0, 0.05) is 18.2 Å². The number of aromatic hydroxyl groups is 1. The van der Waals surface area contributed by atoms with Crippen LogP contribution in [0.4, 0.5) is 0 Å². The van der Waals surface area contributed by atoms with E-state index in [9.17, 15) is 5.11 Å². The summed E-state index contributed by atoms with van der Waals surface area (Å²) in [6.07, 6.45) is 1.28. The van der Waals surface area contributed by atoms with Crippen LogP contribution in [0.2, 0.25) is 0 Å². The van der Waals surface area contributed by atoms with Crippen molar-refractivity contribution in [1.29, 1.82) is 0 Å². The van der Waals surface area contributed by atoms with Gasteiger partial charge in [0.15, 0.2) is 5.82 Å². The summed E-state index contributed by atoms with van der Waals surface area (Å²) in [7, 11) is 1.56. The summed E-state index contributed by atoms with van der Waals surface area (Å²) in [5, 5.41) is 16.5. The predicted molar refractivity (Wildman–Crippen MR) is 59.5 cm³/mol. The van der Waals surface area contributed by atoms with Gasteiger partial charge in [-0.25, -0.2) is 0 Å². The number of hydrogen-bond donors (Lipinski definition) is 2. The first-order chi connectivity index (χ1) is 8.29. The molecule has 6 heteroatoms. The number of methoxy groups -OCH3 is 1. The summed E-state index contributed by atoms with van der Waals surface area (Å²) in [6.45, 7) is 1.01. The van der Waals surface area contributed by atoms with Crippen LogP contribution < -0.4 is 10.1 Å². The molecule has 0 aliphatic heterocycles. The normalized spacial score (nSPS) is 10.4. The lowest BCUT2D eigenvalue weighted by molar-refractivity contribution is 0.404. The number of aromatic nitrogens is 2. The molecule has 0 fully saturated rings. The largest absolute Gasteiger partial charge is 0.507 e. The van der Waals surface area contributed by atoms with Crippen LogP contribution in [0.5, 0.6) is 11.5 Å². The molecule has 0 saturated carbocycles. The average molecular weight is 235 g/mol. The zero-order valence-corrected chi connectivity index (χ0v) is 9.38. The molecule has 2 N–H and O–H groups in total. The Bertz CT molecular complexity index is 471. The second kappa shape index (κ2) is 5.31. The highest BCUT2D eigenvalue weighted by Crippen LogP contribution is 2.23. The van der Waals surface area contributed by atoms with Crippen LogP contribution in [-0.4, -0.2) is 22.4 Å². The van der Waals surface area contributed by atoms with E-state index < -0.39 is 0 Å². The zero-order valence-electron chi connectivity index (χ0n) is 9.38. The molecule has 1 aromatic heterocycles. The first-order valence-corrected chi connectivity index (χ1v) is 5.11. The van der Waals surface area contributed by atoms with Crippen LogP contribution >= 0.6 is 0 Å². The van der Waals surface area contributed by atoms with E-state index in [0.29, 0.717) is 24.7 Å². The smallest absolute Gasteiger partial charge is 0.213 e. The van der Waals surface area contributed by atoms with Crippen LogP contribution in [0.3, 0.4) is 0 Å². The lowest BCUT2D eigenvalue weighted by atomic mass is 10.2. The SMILES string of the molecule is COc1ccc(CNCc2ncon2)c(O)c1. The molecule has 1 aromatic carbocycles. The van der Waals surface area contributed by atoms with Gasteiger partial charge in [0.2, 0.25) is 6.39 Å². The van der Waals surface area contributed by atoms with Crippen molar-refractivity contribution in [2.24, 2.45) is 0 Å². The van der Waals surface area contributed by atoms with E-state index in [-0.39, 0.29) is 5.75 Å². The molecule has 0 bridgehead atoms. The lowest BCUT2D eigenvalue weighted by Crippen LogP contribution is -2.13. The Balaban J connectivity index is 1.90. The molecule has 1 heterocycles. The Morgan fingerprint density at radius 3 is 2.94 bits per heavy atom. The number of phenols is 1. The van der Waals surface area contributed by atoms with Crippen molar-refractivity contribution in [3.05, 3.63) is 36.0 Å². The Morgan fingerprint density at radius 2 is 2.29 bits per heavy atom. The van der Waals surface area contributed by atoms with Crippen LogP contribution in [0.1, 0.15) is 11.4 Å². The van der Waals surface area contributed by atoms with Gasteiger partial charge in [-0.2, -0.15) is 4.98 Å². The van der Waals surface area contributed by atoms with Gasteiger partial charge >= 0.3 is 0 Å².